The fraction of sp³-hybridized carbons (Fsp3) is 0.423. The molecule has 0 radical (unpaired) electrons. The largest absolute Gasteiger partial charge is 0.489 e. The van der Waals surface area contributed by atoms with E-state index in [9.17, 15) is 9.59 Å². The van der Waals surface area contributed by atoms with Crippen molar-refractivity contribution in [3.05, 3.63) is 59.4 Å². The van der Waals surface area contributed by atoms with Crippen LogP contribution in [0.25, 0.3) is 10.8 Å². The van der Waals surface area contributed by atoms with E-state index in [0.29, 0.717) is 36.5 Å². The number of fused-ring (bicyclic) bond motifs is 3. The molecule has 0 aliphatic carbocycles. The Labute approximate surface area is 187 Å². The summed E-state index contributed by atoms with van der Waals surface area (Å²) in [5.74, 6) is 0.849. The minimum atomic E-state index is -0.212. The highest BCUT2D eigenvalue weighted by Gasteiger charge is 2.37. The second-order valence-electron chi connectivity index (χ2n) is 10.0. The zero-order valence-corrected chi connectivity index (χ0v) is 18.9. The number of likely N-dealkylation sites (tertiary alicyclic amines) is 1. The van der Waals surface area contributed by atoms with Gasteiger partial charge in [-0.25, -0.2) is 0 Å². The summed E-state index contributed by atoms with van der Waals surface area (Å²) < 4.78 is 6.35. The van der Waals surface area contributed by atoms with Crippen LogP contribution in [0.4, 0.5) is 0 Å². The molecule has 6 nitrogen and oxygen atoms in total. The van der Waals surface area contributed by atoms with Crippen LogP contribution in [-0.4, -0.2) is 46.0 Å². The number of ether oxygens (including phenoxy) is 1. The lowest BCUT2D eigenvalue weighted by atomic mass is 9.85. The number of aromatic amines is 1. The Kier molecular flexibility index (Phi) is 5.03. The number of ketones is 1. The standard InChI is InChI=1S/C26H29N3O3/c1-26(2,3)23-13-19(27-28-23)25(31)29-12-6-8-17(15-29)22-14-20(30)24-18-9-5-4-7-16(18)10-11-21(24)32-22/h4-5,7,9-11,13,17,22H,6,8,12,14-15H2,1-3H3,(H,27,28). The normalized spacial score (nSPS) is 21.3. The molecule has 1 saturated heterocycles. The molecule has 3 heterocycles. The smallest absolute Gasteiger partial charge is 0.274 e. The first-order valence-corrected chi connectivity index (χ1v) is 11.4. The number of Topliss-reactive ketones (excluding diaryl/α,β-unsaturated/α-hetero) is 1. The Morgan fingerprint density at radius 1 is 1.19 bits per heavy atom. The molecule has 166 valence electrons. The van der Waals surface area contributed by atoms with Crippen LogP contribution in [0.1, 0.15) is 66.6 Å². The van der Waals surface area contributed by atoms with Gasteiger partial charge < -0.3 is 9.64 Å². The summed E-state index contributed by atoms with van der Waals surface area (Å²) in [5, 5.41) is 9.26. The van der Waals surface area contributed by atoms with E-state index < -0.39 is 0 Å². The van der Waals surface area contributed by atoms with Gasteiger partial charge in [-0.15, -0.1) is 0 Å². The molecule has 2 aliphatic rings. The van der Waals surface area contributed by atoms with Crippen molar-refractivity contribution in [2.24, 2.45) is 5.92 Å². The Morgan fingerprint density at radius 3 is 2.78 bits per heavy atom. The summed E-state index contributed by atoms with van der Waals surface area (Å²) in [6.45, 7) is 7.55. The number of piperidine rings is 1. The van der Waals surface area contributed by atoms with Gasteiger partial charge in [0.15, 0.2) is 5.78 Å². The third kappa shape index (κ3) is 3.68. The lowest BCUT2D eigenvalue weighted by Gasteiger charge is -2.38. The van der Waals surface area contributed by atoms with Gasteiger partial charge in [-0.3, -0.25) is 14.7 Å². The molecule has 0 saturated carbocycles. The second-order valence-corrected chi connectivity index (χ2v) is 10.0. The van der Waals surface area contributed by atoms with Crippen molar-refractivity contribution in [3.63, 3.8) is 0 Å². The first-order chi connectivity index (χ1) is 15.3. The van der Waals surface area contributed by atoms with Crippen LogP contribution in [-0.2, 0) is 5.41 Å². The monoisotopic (exact) mass is 431 g/mol. The maximum absolute atomic E-state index is 13.1. The van der Waals surface area contributed by atoms with E-state index in [1.807, 2.05) is 47.4 Å². The number of hydrogen-bond donors (Lipinski definition) is 1. The van der Waals surface area contributed by atoms with Crippen LogP contribution in [0.2, 0.25) is 0 Å². The number of amides is 1. The Hall–Kier alpha value is -3.15. The van der Waals surface area contributed by atoms with Gasteiger partial charge in [0.2, 0.25) is 0 Å². The zero-order valence-electron chi connectivity index (χ0n) is 18.9. The molecule has 1 fully saturated rings. The predicted octanol–water partition coefficient (Wildman–Crippen LogP) is 4.75. The van der Waals surface area contributed by atoms with E-state index in [-0.39, 0.29) is 29.1 Å². The molecule has 0 spiro atoms. The molecule has 2 aromatic carbocycles. The predicted molar refractivity (Wildman–Crippen MR) is 123 cm³/mol. The van der Waals surface area contributed by atoms with E-state index in [4.69, 9.17) is 4.74 Å². The van der Waals surface area contributed by atoms with Crippen LogP contribution in [0.15, 0.2) is 42.5 Å². The summed E-state index contributed by atoms with van der Waals surface area (Å²) >= 11 is 0. The molecule has 6 heteroatoms. The molecule has 1 N–H and O–H groups in total. The molecule has 0 bridgehead atoms. The number of aromatic nitrogens is 2. The summed E-state index contributed by atoms with van der Waals surface area (Å²) in [4.78, 5) is 28.1. The molecule has 1 amide bonds. The maximum atomic E-state index is 13.1. The second kappa shape index (κ2) is 7.76. The maximum Gasteiger partial charge on any atom is 0.274 e. The number of nitrogens with one attached hydrogen (secondary N) is 1. The number of carbonyl (C=O) groups excluding carboxylic acids is 2. The number of rotatable bonds is 2. The van der Waals surface area contributed by atoms with Crippen molar-refractivity contribution < 1.29 is 14.3 Å². The first kappa shape index (κ1) is 20.7. The highest BCUT2D eigenvalue weighted by atomic mass is 16.5. The number of hydrogen-bond acceptors (Lipinski definition) is 4. The van der Waals surface area contributed by atoms with Crippen molar-refractivity contribution in [2.45, 2.75) is 51.6 Å². The molecule has 5 rings (SSSR count). The molecule has 2 unspecified atom stereocenters. The Morgan fingerprint density at radius 2 is 2.00 bits per heavy atom. The molecular formula is C26H29N3O3. The van der Waals surface area contributed by atoms with E-state index in [1.165, 1.54) is 0 Å². The molecule has 32 heavy (non-hydrogen) atoms. The van der Waals surface area contributed by atoms with Gasteiger partial charge in [0.05, 0.1) is 5.56 Å². The van der Waals surface area contributed by atoms with Gasteiger partial charge in [0, 0.05) is 36.5 Å². The summed E-state index contributed by atoms with van der Waals surface area (Å²) in [5.41, 5.74) is 1.99. The highest BCUT2D eigenvalue weighted by Crippen LogP contribution is 2.37. The average Bonchev–Trinajstić information content (AvgIpc) is 3.29. The lowest BCUT2D eigenvalue weighted by Crippen LogP contribution is -2.46. The highest BCUT2D eigenvalue weighted by molar-refractivity contribution is 6.11. The Balaban J connectivity index is 1.34. The molecule has 1 aromatic heterocycles. The topological polar surface area (TPSA) is 75.3 Å². The average molecular weight is 432 g/mol. The third-order valence-corrected chi connectivity index (χ3v) is 6.71. The van der Waals surface area contributed by atoms with Crippen LogP contribution in [0.5, 0.6) is 5.75 Å². The number of H-pyrrole nitrogens is 1. The van der Waals surface area contributed by atoms with E-state index in [1.54, 1.807) is 0 Å². The van der Waals surface area contributed by atoms with Crippen LogP contribution < -0.4 is 4.74 Å². The molecule has 2 aliphatic heterocycles. The molecule has 2 atom stereocenters. The Bertz CT molecular complexity index is 1190. The van der Waals surface area contributed by atoms with Gasteiger partial charge in [-0.2, -0.15) is 5.10 Å². The van der Waals surface area contributed by atoms with E-state index in [0.717, 1.165) is 29.3 Å². The zero-order chi connectivity index (χ0) is 22.5. The van der Waals surface area contributed by atoms with Crippen molar-refractivity contribution in [1.29, 1.82) is 0 Å². The van der Waals surface area contributed by atoms with Crippen molar-refractivity contribution in [2.75, 3.05) is 13.1 Å². The lowest BCUT2D eigenvalue weighted by molar-refractivity contribution is 0.0407. The van der Waals surface area contributed by atoms with Gasteiger partial charge >= 0.3 is 0 Å². The van der Waals surface area contributed by atoms with E-state index in [2.05, 4.69) is 31.0 Å². The molecular weight excluding hydrogens is 402 g/mol. The van der Waals surface area contributed by atoms with Crippen molar-refractivity contribution in [3.8, 4) is 5.75 Å². The summed E-state index contributed by atoms with van der Waals surface area (Å²) in [6.07, 6.45) is 1.98. The quantitative estimate of drug-likeness (QED) is 0.636. The third-order valence-electron chi connectivity index (χ3n) is 6.71. The summed E-state index contributed by atoms with van der Waals surface area (Å²) in [6, 6.07) is 13.7. The first-order valence-electron chi connectivity index (χ1n) is 11.4. The molecule has 3 aromatic rings. The minimum Gasteiger partial charge on any atom is -0.489 e. The SMILES string of the molecule is CC(C)(C)c1cc(C(=O)N2CCCC(C3CC(=O)c4c(ccc5ccccc45)O3)C2)n[nH]1. The van der Waals surface area contributed by atoms with Gasteiger partial charge in [-0.05, 0) is 35.7 Å². The number of carbonyl (C=O) groups is 2. The van der Waals surface area contributed by atoms with Gasteiger partial charge in [-0.1, -0.05) is 51.1 Å². The van der Waals surface area contributed by atoms with Gasteiger partial charge in [0.25, 0.3) is 5.91 Å². The van der Waals surface area contributed by atoms with Crippen molar-refractivity contribution in [1.82, 2.24) is 15.1 Å². The number of nitrogens with zero attached hydrogens (tertiary/aromatic N) is 2. The number of benzene rings is 2. The van der Waals surface area contributed by atoms with Crippen LogP contribution in [0.3, 0.4) is 0 Å². The van der Waals surface area contributed by atoms with Crippen LogP contribution >= 0.6 is 0 Å². The fourth-order valence-corrected chi connectivity index (χ4v) is 4.87. The minimum absolute atomic E-state index is 0.0602. The van der Waals surface area contributed by atoms with Crippen molar-refractivity contribution >= 4 is 22.5 Å². The van der Waals surface area contributed by atoms with E-state index >= 15 is 0 Å². The summed E-state index contributed by atoms with van der Waals surface area (Å²) in [7, 11) is 0. The van der Waals surface area contributed by atoms with Gasteiger partial charge in [0.1, 0.15) is 17.5 Å². The van der Waals surface area contributed by atoms with Crippen LogP contribution in [0, 0.1) is 5.92 Å². The fourth-order valence-electron chi connectivity index (χ4n) is 4.87.